The number of methoxy groups -OCH3 is 2. The fraction of sp³-hybridized carbons (Fsp3) is 0.718. The zero-order valence-corrected chi connectivity index (χ0v) is 66.2. The van der Waals surface area contributed by atoms with Crippen LogP contribution in [0.2, 0.25) is 0 Å². The average Bonchev–Trinajstić information content (AvgIpc) is 1.37. The number of likely N-dealkylation sites (N-methyl/N-ethyl adjacent to an activating group) is 2. The second-order valence-corrected chi connectivity index (χ2v) is 30.8. The zero-order chi connectivity index (χ0) is 79.3. The first-order chi connectivity index (χ1) is 49.9. The highest BCUT2D eigenvalue weighted by Gasteiger charge is 2.49. The van der Waals surface area contributed by atoms with E-state index in [9.17, 15) is 61.1 Å². The molecule has 0 aromatic heterocycles. The van der Waals surface area contributed by atoms with Gasteiger partial charge in [0, 0.05) is 71.4 Å². The van der Waals surface area contributed by atoms with Gasteiger partial charge in [-0.05, 0) is 138 Å². The molecule has 0 saturated carbocycles. The van der Waals surface area contributed by atoms with Crippen LogP contribution >= 0.6 is 0 Å². The van der Waals surface area contributed by atoms with Crippen LogP contribution in [0.4, 0.5) is 23.7 Å². The summed E-state index contributed by atoms with van der Waals surface area (Å²) in [4.78, 5) is 145. The van der Waals surface area contributed by atoms with Crippen molar-refractivity contribution < 1.29 is 70.6 Å². The number of rotatable bonds is 44. The molecule has 2 aliphatic rings. The summed E-state index contributed by atoms with van der Waals surface area (Å²) < 4.78 is 55.2. The molecule has 598 valence electrons. The molecule has 14 atom stereocenters. The summed E-state index contributed by atoms with van der Waals surface area (Å²) in [6, 6.07) is 7.09. The SMILES string of the molecule is CCCCCC(C)(C)[C@@H](C(=O)N[C@H](C(=O)N(C)[C@@H]([C@@H](C)CC)[C@@H](CC(=O)N1CCC[C@H]1[C@H](OC)[C@@H](C)C(=O)N[C@@H](Cc1ccccc1)C(=O)NCc1ccc(NC(=O)[C@H](CCCNC(N)=O)NC(=O)[C@@H](NC(=O)CCCN2CC[C@H](C(=O)NC(C)CC)CC2C(F)(F)F)C(C)C)cc1)OC)C(C)C)N(C)C. The Kier molecular flexibility index (Phi) is 37.9. The first-order valence-electron chi connectivity index (χ1n) is 38.3. The molecule has 4 rings (SSSR count). The molecule has 2 unspecified atom stereocenters. The number of ether oxygens (including phenoxy) is 2. The van der Waals surface area contributed by atoms with Gasteiger partial charge >= 0.3 is 12.2 Å². The number of halogens is 3. The number of primary amides is 1. The monoisotopic (exact) mass is 1500 g/mol. The Morgan fingerprint density at radius 1 is 0.679 bits per heavy atom. The lowest BCUT2D eigenvalue weighted by molar-refractivity contribution is -0.196. The Morgan fingerprint density at radius 2 is 1.33 bits per heavy atom. The number of nitrogens with zero attached hydrogens (tertiary/aromatic N) is 4. The number of urea groups is 1. The molecule has 2 heterocycles. The van der Waals surface area contributed by atoms with Crippen LogP contribution in [0.3, 0.4) is 0 Å². The second kappa shape index (κ2) is 44.1. The Labute approximate surface area is 628 Å². The largest absolute Gasteiger partial charge is 0.404 e. The Morgan fingerprint density at radius 3 is 1.91 bits per heavy atom. The van der Waals surface area contributed by atoms with Gasteiger partial charge < -0.3 is 67.5 Å². The highest BCUT2D eigenvalue weighted by Crippen LogP contribution is 2.36. The van der Waals surface area contributed by atoms with Gasteiger partial charge in [0.1, 0.15) is 30.2 Å². The van der Waals surface area contributed by atoms with E-state index >= 15 is 0 Å². The molecule has 106 heavy (non-hydrogen) atoms. The molecule has 0 radical (unpaired) electrons. The van der Waals surface area contributed by atoms with E-state index in [2.05, 4.69) is 63.3 Å². The van der Waals surface area contributed by atoms with Gasteiger partial charge in [0.05, 0.1) is 42.7 Å². The molecule has 0 bridgehead atoms. The normalized spacial score (nSPS) is 18.9. The minimum Gasteiger partial charge on any atom is -0.379 e. The molecule has 2 fully saturated rings. The number of hydrogen-bond acceptors (Lipinski definition) is 14. The van der Waals surface area contributed by atoms with Gasteiger partial charge in [-0.25, -0.2) is 4.79 Å². The molecule has 0 spiro atoms. The Hall–Kier alpha value is -7.43. The number of benzene rings is 2. The molecule has 11 amide bonds. The van der Waals surface area contributed by atoms with E-state index < -0.39 is 132 Å². The Bertz CT molecular complexity index is 3130. The Balaban J connectivity index is 1.44. The van der Waals surface area contributed by atoms with Gasteiger partial charge in [-0.2, -0.15) is 13.2 Å². The molecule has 2 aromatic carbocycles. The predicted molar refractivity (Wildman–Crippen MR) is 404 cm³/mol. The second-order valence-electron chi connectivity index (χ2n) is 30.8. The lowest BCUT2D eigenvalue weighted by Gasteiger charge is -2.42. The number of nitrogens with one attached hydrogen (secondary N) is 8. The number of amides is 11. The smallest absolute Gasteiger partial charge is 0.379 e. The lowest BCUT2D eigenvalue weighted by atomic mass is 9.78. The topological polar surface area (TPSA) is 324 Å². The summed E-state index contributed by atoms with van der Waals surface area (Å²) in [7, 11) is 8.51. The first kappa shape index (κ1) is 91.0. The van der Waals surface area contributed by atoms with Crippen molar-refractivity contribution in [3.05, 3.63) is 65.7 Å². The van der Waals surface area contributed by atoms with Crippen LogP contribution in [0, 0.1) is 35.0 Å². The van der Waals surface area contributed by atoms with Gasteiger partial charge in [0.2, 0.25) is 53.2 Å². The van der Waals surface area contributed by atoms with Crippen molar-refractivity contribution in [2.75, 3.05) is 66.9 Å². The number of likely N-dealkylation sites (tertiary alicyclic amines) is 2. The molecule has 2 aromatic rings. The van der Waals surface area contributed by atoms with Crippen LogP contribution in [0.25, 0.3) is 0 Å². The molecular weight excluding hydrogens is 1370 g/mol. The van der Waals surface area contributed by atoms with Crippen molar-refractivity contribution in [3.63, 3.8) is 0 Å². The van der Waals surface area contributed by atoms with E-state index in [0.29, 0.717) is 43.5 Å². The van der Waals surface area contributed by atoms with Crippen LogP contribution in [-0.2, 0) is 65.6 Å². The fourth-order valence-corrected chi connectivity index (χ4v) is 14.7. The number of unbranched alkanes of at least 4 members (excludes halogenated alkanes) is 2. The van der Waals surface area contributed by atoms with Crippen LogP contribution in [0.1, 0.15) is 191 Å². The van der Waals surface area contributed by atoms with E-state index in [1.165, 1.54) is 19.1 Å². The quantitative estimate of drug-likeness (QED) is 0.0284. The van der Waals surface area contributed by atoms with Crippen LogP contribution in [-0.4, -0.2) is 213 Å². The molecule has 25 nitrogen and oxygen atoms in total. The van der Waals surface area contributed by atoms with Gasteiger partial charge in [-0.15, -0.1) is 0 Å². The highest BCUT2D eigenvalue weighted by molar-refractivity contribution is 5.98. The van der Waals surface area contributed by atoms with Crippen molar-refractivity contribution in [1.82, 2.24) is 56.8 Å². The summed E-state index contributed by atoms with van der Waals surface area (Å²) in [6.45, 7) is 23.3. The number of carbonyl (C=O) groups is 10. The first-order valence-corrected chi connectivity index (χ1v) is 38.3. The number of piperidine rings is 1. The standard InChI is InChI=1S/C78H128F3N13O12/c1-18-21-25-39-77(11,12)68(91(13)14)74(102)90-65(49(6)7)75(103)92(15)66(50(8)19-2)60(105-16)46-63(96)94-42-27-32-59(94)67(106-17)52(10)69(97)88-58(44-53-29-23-22-24-30-53)71(99)84-47-54-34-36-56(37-35-54)86-72(100)57(31-26-40-83-76(82)104)87-73(101)64(48(4)5)89-62(95)33-28-41-93-43-38-55(45-61(93)78(79,80)81)70(98)85-51(9)20-3/h22-24,29-30,34-37,48-52,55,57-61,64-68H,18-21,25-28,31-33,38-47H2,1-17H3,(H,84,99)(H,85,98)(H,86,100)(H,87,101)(H,88,97)(H,89,95)(H,90,102)(H3,82,83,104)/t50-,51?,52+,55-,57-,58-,59-,60+,61?,64-,65-,66-,67+,68+/m0/s1. The number of carbonyl (C=O) groups excluding carboxylic acids is 10. The third-order valence-electron chi connectivity index (χ3n) is 21.2. The maximum Gasteiger partial charge on any atom is 0.404 e. The minimum atomic E-state index is -4.60. The van der Waals surface area contributed by atoms with Crippen LogP contribution in [0.15, 0.2) is 54.6 Å². The zero-order valence-electron chi connectivity index (χ0n) is 66.2. The molecule has 2 aliphatic heterocycles. The van der Waals surface area contributed by atoms with Gasteiger partial charge in [-0.1, -0.05) is 144 Å². The van der Waals surface area contributed by atoms with Crippen molar-refractivity contribution in [3.8, 4) is 0 Å². The van der Waals surface area contributed by atoms with Crippen molar-refractivity contribution in [1.29, 1.82) is 0 Å². The summed E-state index contributed by atoms with van der Waals surface area (Å²) in [5.74, 6) is -6.56. The summed E-state index contributed by atoms with van der Waals surface area (Å²) >= 11 is 0. The molecule has 0 aliphatic carbocycles. The van der Waals surface area contributed by atoms with E-state index in [1.54, 1.807) is 68.8 Å². The molecule has 28 heteroatoms. The third-order valence-corrected chi connectivity index (χ3v) is 21.2. The maximum absolute atomic E-state index is 14.8. The van der Waals surface area contributed by atoms with Gasteiger partial charge in [-0.3, -0.25) is 53.0 Å². The van der Waals surface area contributed by atoms with E-state index in [0.717, 1.165) is 31.2 Å². The fourth-order valence-electron chi connectivity index (χ4n) is 14.7. The molecule has 10 N–H and O–H groups in total. The van der Waals surface area contributed by atoms with Gasteiger partial charge in [0.25, 0.3) is 0 Å². The lowest BCUT2D eigenvalue weighted by Crippen LogP contribution is -2.60. The van der Waals surface area contributed by atoms with E-state index in [4.69, 9.17) is 15.2 Å². The molecular formula is C78H128F3N13O12. The predicted octanol–water partition coefficient (Wildman–Crippen LogP) is 7.98. The summed E-state index contributed by atoms with van der Waals surface area (Å²) in [5.41, 5.74) is 6.63. The molecule has 2 saturated heterocycles. The van der Waals surface area contributed by atoms with Crippen molar-refractivity contribution in [2.24, 2.45) is 40.7 Å². The number of nitrogens with two attached hydrogens (primary N) is 1. The average molecular weight is 1500 g/mol. The number of alkyl halides is 3. The van der Waals surface area contributed by atoms with Crippen molar-refractivity contribution >= 4 is 64.9 Å². The summed E-state index contributed by atoms with van der Waals surface area (Å²) in [5, 5.41) is 22.6. The number of hydrogen-bond donors (Lipinski definition) is 9. The van der Waals surface area contributed by atoms with Crippen LogP contribution in [0.5, 0.6) is 0 Å². The van der Waals surface area contributed by atoms with E-state index in [1.807, 2.05) is 83.9 Å². The van der Waals surface area contributed by atoms with E-state index in [-0.39, 0.29) is 112 Å². The van der Waals surface area contributed by atoms with Gasteiger partial charge in [0.15, 0.2) is 0 Å². The summed E-state index contributed by atoms with van der Waals surface area (Å²) in [6.07, 6.45) is 0.228. The van der Waals surface area contributed by atoms with Crippen molar-refractivity contribution in [2.45, 2.75) is 265 Å². The number of anilines is 1. The minimum absolute atomic E-state index is 0.0110. The maximum atomic E-state index is 14.8. The third kappa shape index (κ3) is 28.0. The highest BCUT2D eigenvalue weighted by atomic mass is 19.4. The van der Waals surface area contributed by atoms with Crippen LogP contribution < -0.4 is 48.3 Å².